The highest BCUT2D eigenvalue weighted by Gasteiger charge is 2.19. The Hall–Kier alpha value is -1.20. The van der Waals surface area contributed by atoms with E-state index in [1.54, 1.807) is 13.8 Å². The van der Waals surface area contributed by atoms with E-state index in [1.165, 1.54) is 5.56 Å². The number of nitrogens with one attached hydrogen (secondary N) is 1. The first-order valence-electron chi connectivity index (χ1n) is 6.97. The molecule has 1 aromatic rings. The van der Waals surface area contributed by atoms with Gasteiger partial charge in [-0.05, 0) is 44.0 Å². The van der Waals surface area contributed by atoms with Crippen molar-refractivity contribution in [2.45, 2.75) is 38.5 Å². The molecule has 20 heavy (non-hydrogen) atoms. The Morgan fingerprint density at radius 2 is 2.05 bits per heavy atom. The smallest absolute Gasteiger partial charge is 0.163 e. The van der Waals surface area contributed by atoms with Crippen LogP contribution in [0.4, 0.5) is 0 Å². The lowest BCUT2D eigenvalue weighted by molar-refractivity contribution is 0.0988. The molecule has 2 rings (SSSR count). The molecule has 0 fully saturated rings. The Bertz CT molecular complexity index is 606. The number of benzene rings is 1. The molecule has 0 saturated heterocycles. The number of rotatable bonds is 5. The highest BCUT2D eigenvalue weighted by atomic mass is 32.2. The Morgan fingerprint density at radius 1 is 1.30 bits per heavy atom. The third-order valence-corrected chi connectivity index (χ3v) is 5.96. The third kappa shape index (κ3) is 3.46. The van der Waals surface area contributed by atoms with Crippen LogP contribution in [0.15, 0.2) is 18.2 Å². The van der Waals surface area contributed by atoms with E-state index in [1.807, 2.05) is 18.2 Å². The summed E-state index contributed by atoms with van der Waals surface area (Å²) in [6.45, 7) is 5.03. The Kier molecular flexibility index (Phi) is 4.60. The second-order valence-electron chi connectivity index (χ2n) is 5.50. The predicted molar refractivity (Wildman–Crippen MR) is 79.7 cm³/mol. The minimum absolute atomic E-state index is 0.0622. The van der Waals surface area contributed by atoms with E-state index < -0.39 is 15.1 Å². The van der Waals surface area contributed by atoms with Gasteiger partial charge >= 0.3 is 0 Å². The van der Waals surface area contributed by atoms with Gasteiger partial charge in [-0.3, -0.25) is 4.79 Å². The number of Topliss-reactive ketones (excluding diaryl/α,β-unsaturated/α-hetero) is 1. The zero-order valence-corrected chi connectivity index (χ0v) is 12.8. The van der Waals surface area contributed by atoms with Crippen molar-refractivity contribution in [2.75, 3.05) is 12.3 Å². The van der Waals surface area contributed by atoms with Gasteiger partial charge in [0.05, 0.1) is 11.0 Å². The molecule has 0 radical (unpaired) electrons. The standard InChI is InChI=1S/C15H21NO3S/c1-11(2)20(18,19)8-6-15(17)13-4-3-12-5-7-16-10-14(12)9-13/h3-4,9,11,16H,5-8,10H2,1-2H3. The SMILES string of the molecule is CC(C)S(=O)(=O)CCC(=O)c1ccc2c(c1)CNCC2. The lowest BCUT2D eigenvalue weighted by Gasteiger charge is -2.17. The molecule has 0 amide bonds. The van der Waals surface area contributed by atoms with Crippen LogP contribution in [-0.4, -0.2) is 31.7 Å². The van der Waals surface area contributed by atoms with Gasteiger partial charge in [0.15, 0.2) is 15.6 Å². The molecule has 1 aliphatic heterocycles. The van der Waals surface area contributed by atoms with E-state index in [9.17, 15) is 13.2 Å². The van der Waals surface area contributed by atoms with Gasteiger partial charge in [-0.15, -0.1) is 0 Å². The second-order valence-corrected chi connectivity index (χ2v) is 8.18. The van der Waals surface area contributed by atoms with Gasteiger partial charge < -0.3 is 5.32 Å². The lowest BCUT2D eigenvalue weighted by atomic mass is 9.96. The normalized spacial score (nSPS) is 15.2. The topological polar surface area (TPSA) is 63.2 Å². The lowest BCUT2D eigenvalue weighted by Crippen LogP contribution is -2.24. The molecule has 110 valence electrons. The Labute approximate surface area is 120 Å². The summed E-state index contributed by atoms with van der Waals surface area (Å²) in [4.78, 5) is 12.1. The summed E-state index contributed by atoms with van der Waals surface area (Å²) in [5.41, 5.74) is 3.04. The molecule has 0 atom stereocenters. The fraction of sp³-hybridized carbons (Fsp3) is 0.533. The van der Waals surface area contributed by atoms with Gasteiger partial charge in [0.2, 0.25) is 0 Å². The molecular weight excluding hydrogens is 274 g/mol. The molecule has 0 aromatic heterocycles. The third-order valence-electron chi connectivity index (χ3n) is 3.75. The van der Waals surface area contributed by atoms with Crippen LogP contribution >= 0.6 is 0 Å². The zero-order valence-electron chi connectivity index (χ0n) is 12.0. The Morgan fingerprint density at radius 3 is 2.75 bits per heavy atom. The molecule has 0 saturated carbocycles. The summed E-state index contributed by atoms with van der Waals surface area (Å²) >= 11 is 0. The van der Waals surface area contributed by atoms with E-state index in [-0.39, 0.29) is 18.0 Å². The van der Waals surface area contributed by atoms with Crippen molar-refractivity contribution in [1.29, 1.82) is 0 Å². The summed E-state index contributed by atoms with van der Waals surface area (Å²) in [5, 5.41) is 2.84. The first kappa shape index (κ1) is 15.2. The molecule has 0 spiro atoms. The average Bonchev–Trinajstić information content (AvgIpc) is 2.44. The van der Waals surface area contributed by atoms with E-state index in [4.69, 9.17) is 0 Å². The van der Waals surface area contributed by atoms with Crippen LogP contribution in [0.2, 0.25) is 0 Å². The highest BCUT2D eigenvalue weighted by Crippen LogP contribution is 2.17. The molecule has 0 aliphatic carbocycles. The first-order valence-corrected chi connectivity index (χ1v) is 8.69. The molecular formula is C15H21NO3S. The molecule has 1 aliphatic rings. The van der Waals surface area contributed by atoms with Crippen LogP contribution < -0.4 is 5.32 Å². The van der Waals surface area contributed by atoms with Gasteiger partial charge in [-0.25, -0.2) is 8.42 Å². The number of carbonyl (C=O) groups is 1. The van der Waals surface area contributed by atoms with E-state index >= 15 is 0 Å². The van der Waals surface area contributed by atoms with E-state index in [0.717, 1.165) is 25.1 Å². The van der Waals surface area contributed by atoms with Crippen LogP contribution in [0.5, 0.6) is 0 Å². The summed E-state index contributed by atoms with van der Waals surface area (Å²) in [7, 11) is -3.15. The fourth-order valence-corrected chi connectivity index (χ4v) is 3.21. The predicted octanol–water partition coefficient (Wildman–Crippen LogP) is 1.73. The summed E-state index contributed by atoms with van der Waals surface area (Å²) in [5.74, 6) is -0.165. The molecule has 0 bridgehead atoms. The van der Waals surface area contributed by atoms with Crippen LogP contribution in [-0.2, 0) is 22.8 Å². The largest absolute Gasteiger partial charge is 0.312 e. The van der Waals surface area contributed by atoms with E-state index in [0.29, 0.717) is 5.56 Å². The molecule has 1 N–H and O–H groups in total. The number of sulfone groups is 1. The summed E-state index contributed by atoms with van der Waals surface area (Å²) in [6, 6.07) is 5.70. The quantitative estimate of drug-likeness (QED) is 0.840. The second kappa shape index (κ2) is 6.06. The number of hydrogen-bond donors (Lipinski definition) is 1. The van der Waals surface area contributed by atoms with Gasteiger partial charge in [0.1, 0.15) is 0 Å². The van der Waals surface area contributed by atoms with Crippen LogP contribution in [0.25, 0.3) is 0 Å². The van der Waals surface area contributed by atoms with E-state index in [2.05, 4.69) is 5.32 Å². The molecule has 1 heterocycles. The van der Waals surface area contributed by atoms with Gasteiger partial charge in [-0.1, -0.05) is 12.1 Å². The average molecular weight is 295 g/mol. The zero-order chi connectivity index (χ0) is 14.8. The minimum Gasteiger partial charge on any atom is -0.312 e. The van der Waals surface area contributed by atoms with Gasteiger partial charge in [0, 0.05) is 18.5 Å². The number of carbonyl (C=O) groups excluding carboxylic acids is 1. The number of fused-ring (bicyclic) bond motifs is 1. The van der Waals surface area contributed by atoms with Gasteiger partial charge in [0.25, 0.3) is 0 Å². The molecule has 1 aromatic carbocycles. The van der Waals surface area contributed by atoms with Crippen molar-refractivity contribution < 1.29 is 13.2 Å². The van der Waals surface area contributed by atoms with Crippen LogP contribution in [0, 0.1) is 0 Å². The van der Waals surface area contributed by atoms with Gasteiger partial charge in [-0.2, -0.15) is 0 Å². The molecule has 0 unspecified atom stereocenters. The Balaban J connectivity index is 2.07. The van der Waals surface area contributed by atoms with Crippen LogP contribution in [0.1, 0.15) is 41.8 Å². The number of ketones is 1. The minimum atomic E-state index is -3.15. The molecule has 5 heteroatoms. The van der Waals surface area contributed by atoms with Crippen molar-refractivity contribution >= 4 is 15.6 Å². The van der Waals surface area contributed by atoms with Crippen molar-refractivity contribution in [1.82, 2.24) is 5.32 Å². The van der Waals surface area contributed by atoms with Crippen molar-refractivity contribution in [3.8, 4) is 0 Å². The monoisotopic (exact) mass is 295 g/mol. The van der Waals surface area contributed by atoms with Crippen molar-refractivity contribution in [3.05, 3.63) is 34.9 Å². The fourth-order valence-electron chi connectivity index (χ4n) is 2.27. The summed E-state index contributed by atoms with van der Waals surface area (Å²) in [6.07, 6.45) is 1.04. The van der Waals surface area contributed by atoms with Crippen LogP contribution in [0.3, 0.4) is 0 Å². The maximum Gasteiger partial charge on any atom is 0.163 e. The maximum absolute atomic E-state index is 12.1. The van der Waals surface area contributed by atoms with Crippen molar-refractivity contribution in [2.24, 2.45) is 0 Å². The van der Waals surface area contributed by atoms with Crippen molar-refractivity contribution in [3.63, 3.8) is 0 Å². The number of hydrogen-bond acceptors (Lipinski definition) is 4. The highest BCUT2D eigenvalue weighted by molar-refractivity contribution is 7.91. The molecule has 4 nitrogen and oxygen atoms in total. The first-order chi connectivity index (χ1) is 9.40. The maximum atomic E-state index is 12.1. The summed E-state index contributed by atoms with van der Waals surface area (Å²) < 4.78 is 23.5.